The van der Waals surface area contributed by atoms with Gasteiger partial charge < -0.3 is 5.32 Å². The van der Waals surface area contributed by atoms with Crippen LogP contribution in [0, 0.1) is 13.8 Å². The Morgan fingerprint density at radius 2 is 1.71 bits per heavy atom. The van der Waals surface area contributed by atoms with Gasteiger partial charge in [-0.15, -0.1) is 0 Å². The second-order valence-electron chi connectivity index (χ2n) is 5.44. The van der Waals surface area contributed by atoms with Gasteiger partial charge in [0.2, 0.25) is 9.84 Å². The van der Waals surface area contributed by atoms with Gasteiger partial charge in [0.25, 0.3) is 5.91 Å². The van der Waals surface area contributed by atoms with Crippen molar-refractivity contribution in [3.05, 3.63) is 64.7 Å². The minimum absolute atomic E-state index is 0.202. The number of hydrogen-bond acceptors (Lipinski definition) is 3. The third-order valence-corrected chi connectivity index (χ3v) is 5.02. The van der Waals surface area contributed by atoms with Gasteiger partial charge in [-0.2, -0.15) is 8.78 Å². The van der Waals surface area contributed by atoms with Gasteiger partial charge in [-0.05, 0) is 49.2 Å². The van der Waals surface area contributed by atoms with E-state index in [1.165, 1.54) is 12.1 Å². The van der Waals surface area contributed by atoms with Crippen LogP contribution in [0.2, 0.25) is 0 Å². The second kappa shape index (κ2) is 7.09. The zero-order valence-electron chi connectivity index (χ0n) is 13.2. The van der Waals surface area contributed by atoms with Crippen molar-refractivity contribution in [2.45, 2.75) is 31.0 Å². The predicted octanol–water partition coefficient (Wildman–Crippen LogP) is 3.23. The van der Waals surface area contributed by atoms with Crippen LogP contribution in [0.1, 0.15) is 27.0 Å². The molecule has 4 nitrogen and oxygen atoms in total. The van der Waals surface area contributed by atoms with Crippen molar-refractivity contribution in [2.75, 3.05) is 0 Å². The van der Waals surface area contributed by atoms with E-state index in [1.807, 2.05) is 32.0 Å². The predicted molar refractivity (Wildman–Crippen MR) is 86.7 cm³/mol. The molecule has 2 rings (SSSR count). The molecule has 0 aromatic heterocycles. The summed E-state index contributed by atoms with van der Waals surface area (Å²) >= 11 is 0. The van der Waals surface area contributed by atoms with E-state index in [2.05, 4.69) is 5.32 Å². The minimum atomic E-state index is -4.65. The third kappa shape index (κ3) is 3.97. The largest absolute Gasteiger partial charge is 0.348 e. The summed E-state index contributed by atoms with van der Waals surface area (Å²) in [5.74, 6) is -3.89. The highest BCUT2D eigenvalue weighted by molar-refractivity contribution is 7.91. The zero-order chi connectivity index (χ0) is 17.9. The number of carbonyl (C=O) groups is 1. The van der Waals surface area contributed by atoms with Crippen molar-refractivity contribution in [3.63, 3.8) is 0 Å². The number of alkyl halides is 2. The SMILES string of the molecule is Cc1ccc(CNC(=O)c2ccc(S(=O)(=O)C(F)F)cc2)c(C)c1. The summed E-state index contributed by atoms with van der Waals surface area (Å²) in [5.41, 5.74) is 3.34. The average Bonchev–Trinajstić information content (AvgIpc) is 2.53. The number of benzene rings is 2. The van der Waals surface area contributed by atoms with Gasteiger partial charge in [-0.25, -0.2) is 8.42 Å². The van der Waals surface area contributed by atoms with E-state index in [0.29, 0.717) is 6.54 Å². The molecule has 0 radical (unpaired) electrons. The maximum atomic E-state index is 12.5. The molecule has 0 saturated heterocycles. The molecule has 0 aliphatic carbocycles. The normalized spacial score (nSPS) is 11.5. The first kappa shape index (κ1) is 18.1. The molecule has 2 aromatic rings. The van der Waals surface area contributed by atoms with Crippen LogP contribution in [0.3, 0.4) is 0 Å². The van der Waals surface area contributed by atoms with E-state index >= 15 is 0 Å². The zero-order valence-corrected chi connectivity index (χ0v) is 14.0. The lowest BCUT2D eigenvalue weighted by molar-refractivity contribution is 0.0951. The molecule has 0 spiro atoms. The van der Waals surface area contributed by atoms with Crippen LogP contribution in [-0.4, -0.2) is 20.1 Å². The van der Waals surface area contributed by atoms with E-state index in [9.17, 15) is 22.0 Å². The monoisotopic (exact) mass is 353 g/mol. The van der Waals surface area contributed by atoms with Crippen LogP contribution >= 0.6 is 0 Å². The van der Waals surface area contributed by atoms with E-state index in [1.54, 1.807) is 0 Å². The highest BCUT2D eigenvalue weighted by Crippen LogP contribution is 2.18. The summed E-state index contributed by atoms with van der Waals surface area (Å²) in [4.78, 5) is 11.6. The highest BCUT2D eigenvalue weighted by atomic mass is 32.2. The van der Waals surface area contributed by atoms with E-state index < -0.39 is 26.4 Å². The van der Waals surface area contributed by atoms with Gasteiger partial charge in [0.05, 0.1) is 4.90 Å². The van der Waals surface area contributed by atoms with Gasteiger partial charge in [-0.1, -0.05) is 23.8 Å². The molecule has 0 fully saturated rings. The van der Waals surface area contributed by atoms with Crippen molar-refractivity contribution in [2.24, 2.45) is 0 Å². The van der Waals surface area contributed by atoms with Gasteiger partial charge in [0.15, 0.2) is 0 Å². The summed E-state index contributed by atoms with van der Waals surface area (Å²) in [6.07, 6.45) is 0. The van der Waals surface area contributed by atoms with Crippen LogP contribution in [0.4, 0.5) is 8.78 Å². The molecule has 1 amide bonds. The Bertz CT molecular complexity index is 847. The maximum Gasteiger partial charge on any atom is 0.341 e. The van der Waals surface area contributed by atoms with Gasteiger partial charge >= 0.3 is 5.76 Å². The number of rotatable bonds is 5. The van der Waals surface area contributed by atoms with Crippen molar-refractivity contribution in [1.29, 1.82) is 0 Å². The first-order valence-corrected chi connectivity index (χ1v) is 8.73. The van der Waals surface area contributed by atoms with Crippen molar-refractivity contribution in [1.82, 2.24) is 5.32 Å². The number of hydrogen-bond donors (Lipinski definition) is 1. The molecule has 0 aliphatic rings. The summed E-state index contributed by atoms with van der Waals surface area (Å²) in [6, 6.07) is 10.3. The number of halogens is 2. The highest BCUT2D eigenvalue weighted by Gasteiger charge is 2.26. The van der Waals surface area contributed by atoms with Crippen LogP contribution in [0.25, 0.3) is 0 Å². The molecule has 0 saturated carbocycles. The van der Waals surface area contributed by atoms with Crippen LogP contribution < -0.4 is 5.32 Å². The topological polar surface area (TPSA) is 63.2 Å². The first-order valence-electron chi connectivity index (χ1n) is 7.18. The molecule has 7 heteroatoms. The van der Waals surface area contributed by atoms with Crippen LogP contribution in [0.15, 0.2) is 47.4 Å². The number of sulfone groups is 1. The summed E-state index contributed by atoms with van der Waals surface area (Å²) in [6.45, 7) is 4.24. The Morgan fingerprint density at radius 1 is 1.08 bits per heavy atom. The molecule has 24 heavy (non-hydrogen) atoms. The van der Waals surface area contributed by atoms with E-state index in [-0.39, 0.29) is 5.56 Å². The van der Waals surface area contributed by atoms with Crippen LogP contribution in [-0.2, 0) is 16.4 Å². The molecular weight excluding hydrogens is 336 g/mol. The second-order valence-corrected chi connectivity index (χ2v) is 7.36. The first-order chi connectivity index (χ1) is 11.2. The fourth-order valence-electron chi connectivity index (χ4n) is 2.22. The van der Waals surface area contributed by atoms with Crippen molar-refractivity contribution < 1.29 is 22.0 Å². The Balaban J connectivity index is 2.08. The number of nitrogens with one attached hydrogen (secondary N) is 1. The number of carbonyl (C=O) groups excluding carboxylic acids is 1. The molecule has 0 aliphatic heterocycles. The number of aryl methyl sites for hydroxylation is 2. The van der Waals surface area contributed by atoms with Crippen molar-refractivity contribution in [3.8, 4) is 0 Å². The molecule has 0 bridgehead atoms. The molecule has 2 aromatic carbocycles. The fourth-order valence-corrected chi connectivity index (χ4v) is 2.94. The summed E-state index contributed by atoms with van der Waals surface area (Å²) in [7, 11) is -4.65. The quantitative estimate of drug-likeness (QED) is 0.898. The van der Waals surface area contributed by atoms with E-state index in [4.69, 9.17) is 0 Å². The molecule has 0 atom stereocenters. The molecule has 128 valence electrons. The maximum absolute atomic E-state index is 12.5. The minimum Gasteiger partial charge on any atom is -0.348 e. The Hall–Kier alpha value is -2.28. The lowest BCUT2D eigenvalue weighted by Crippen LogP contribution is -2.23. The molecule has 0 heterocycles. The smallest absolute Gasteiger partial charge is 0.341 e. The average molecular weight is 353 g/mol. The molecule has 1 N–H and O–H groups in total. The Labute approximate surface area is 139 Å². The third-order valence-electron chi connectivity index (χ3n) is 3.62. The molecular formula is C17H17F2NO3S. The number of amides is 1. The lowest BCUT2D eigenvalue weighted by Gasteiger charge is -2.09. The summed E-state index contributed by atoms with van der Waals surface area (Å²) < 4.78 is 47.6. The van der Waals surface area contributed by atoms with Gasteiger partial charge in [-0.3, -0.25) is 4.79 Å². The van der Waals surface area contributed by atoms with Crippen molar-refractivity contribution >= 4 is 15.7 Å². The standard InChI is InChI=1S/C17H17F2NO3S/c1-11-3-4-14(12(2)9-11)10-20-16(21)13-5-7-15(8-6-13)24(22,23)17(18)19/h3-9,17H,10H2,1-2H3,(H,20,21). The Morgan fingerprint density at radius 3 is 2.25 bits per heavy atom. The lowest BCUT2D eigenvalue weighted by atomic mass is 10.1. The summed E-state index contributed by atoms with van der Waals surface area (Å²) in [5, 5.41) is 2.72. The fraction of sp³-hybridized carbons (Fsp3) is 0.235. The van der Waals surface area contributed by atoms with Gasteiger partial charge in [0, 0.05) is 12.1 Å². The molecule has 0 unspecified atom stereocenters. The Kier molecular flexibility index (Phi) is 5.33. The van der Waals surface area contributed by atoms with Crippen LogP contribution in [0.5, 0.6) is 0 Å². The van der Waals surface area contributed by atoms with E-state index in [0.717, 1.165) is 28.8 Å². The van der Waals surface area contributed by atoms with Gasteiger partial charge in [0.1, 0.15) is 0 Å².